The van der Waals surface area contributed by atoms with Gasteiger partial charge in [-0.05, 0) is 44.8 Å². The van der Waals surface area contributed by atoms with Gasteiger partial charge in [-0.3, -0.25) is 0 Å². The van der Waals surface area contributed by atoms with E-state index in [1.807, 2.05) is 25.1 Å². The third-order valence-electron chi connectivity index (χ3n) is 2.81. The summed E-state index contributed by atoms with van der Waals surface area (Å²) >= 11 is 0. The molecule has 7 heteroatoms. The Bertz CT molecular complexity index is 606. The first kappa shape index (κ1) is 17.6. The second-order valence-corrected chi connectivity index (χ2v) is 6.64. The molecule has 0 aliphatic heterocycles. The summed E-state index contributed by atoms with van der Waals surface area (Å²) in [5, 5.41) is 8.78. The van der Waals surface area contributed by atoms with E-state index in [4.69, 9.17) is 10.00 Å². The van der Waals surface area contributed by atoms with Gasteiger partial charge in [-0.1, -0.05) is 0 Å². The topological polar surface area (TPSA) is 82.4 Å². The average Bonchev–Trinajstić information content (AvgIpc) is 2.41. The lowest BCUT2D eigenvalue weighted by molar-refractivity contribution is 0.122. The van der Waals surface area contributed by atoms with E-state index < -0.39 is 10.0 Å². The molecule has 0 saturated carbocycles. The van der Waals surface area contributed by atoms with Crippen molar-refractivity contribution in [3.8, 4) is 6.07 Å². The fourth-order valence-corrected chi connectivity index (χ4v) is 2.93. The molecule has 0 amide bonds. The van der Waals surface area contributed by atoms with Crippen molar-refractivity contribution in [2.45, 2.75) is 11.8 Å². The van der Waals surface area contributed by atoms with E-state index in [1.54, 1.807) is 13.0 Å². The third kappa shape index (κ3) is 5.81. The maximum Gasteiger partial charge on any atom is 0.240 e. The van der Waals surface area contributed by atoms with Gasteiger partial charge in [-0.15, -0.1) is 0 Å². The number of nitrogens with one attached hydrogen (secondary N) is 1. The first-order chi connectivity index (χ1) is 9.86. The SMILES string of the molecule is Cc1cc(C#N)ccc1S(=O)(=O)NCCOCCN(C)C. The van der Waals surface area contributed by atoms with Crippen LogP contribution in [0.15, 0.2) is 23.1 Å². The van der Waals surface area contributed by atoms with Crippen LogP contribution in [0.25, 0.3) is 0 Å². The Morgan fingerprint density at radius 2 is 2.05 bits per heavy atom. The lowest BCUT2D eigenvalue weighted by Gasteiger charge is -2.11. The number of hydrogen-bond acceptors (Lipinski definition) is 5. The molecule has 0 spiro atoms. The number of rotatable bonds is 8. The Balaban J connectivity index is 2.53. The minimum atomic E-state index is -3.57. The molecule has 1 aromatic rings. The highest BCUT2D eigenvalue weighted by atomic mass is 32.2. The second kappa shape index (κ2) is 8.10. The van der Waals surface area contributed by atoms with E-state index in [1.165, 1.54) is 12.1 Å². The molecule has 0 aliphatic rings. The average molecular weight is 311 g/mol. The maximum atomic E-state index is 12.1. The molecule has 21 heavy (non-hydrogen) atoms. The number of benzene rings is 1. The van der Waals surface area contributed by atoms with Crippen LogP contribution in [0.4, 0.5) is 0 Å². The van der Waals surface area contributed by atoms with Crippen molar-refractivity contribution >= 4 is 10.0 Å². The number of sulfonamides is 1. The van der Waals surface area contributed by atoms with E-state index in [0.29, 0.717) is 24.3 Å². The molecule has 1 rings (SSSR count). The number of nitriles is 1. The first-order valence-corrected chi connectivity index (χ1v) is 8.08. The quantitative estimate of drug-likeness (QED) is 0.716. The van der Waals surface area contributed by atoms with Gasteiger partial charge in [-0.25, -0.2) is 13.1 Å². The Morgan fingerprint density at radius 1 is 1.33 bits per heavy atom. The summed E-state index contributed by atoms with van der Waals surface area (Å²) in [5.41, 5.74) is 0.994. The molecular formula is C14H21N3O3S. The van der Waals surface area contributed by atoms with Crippen LogP contribution in [-0.2, 0) is 14.8 Å². The number of nitrogens with zero attached hydrogens (tertiary/aromatic N) is 2. The highest BCUT2D eigenvalue weighted by Crippen LogP contribution is 2.16. The Hall–Kier alpha value is -1.46. The predicted octanol–water partition coefficient (Wildman–Crippen LogP) is 0.723. The van der Waals surface area contributed by atoms with Crippen LogP contribution in [-0.4, -0.2) is 53.7 Å². The molecule has 0 aliphatic carbocycles. The van der Waals surface area contributed by atoms with E-state index >= 15 is 0 Å². The van der Waals surface area contributed by atoms with Gasteiger partial charge in [0.1, 0.15) is 0 Å². The van der Waals surface area contributed by atoms with Crippen molar-refractivity contribution in [2.24, 2.45) is 0 Å². The highest BCUT2D eigenvalue weighted by Gasteiger charge is 2.16. The number of hydrogen-bond donors (Lipinski definition) is 1. The van der Waals surface area contributed by atoms with Crippen molar-refractivity contribution in [3.63, 3.8) is 0 Å². The number of aryl methyl sites for hydroxylation is 1. The zero-order chi connectivity index (χ0) is 15.9. The van der Waals surface area contributed by atoms with Gasteiger partial charge >= 0.3 is 0 Å². The van der Waals surface area contributed by atoms with Crippen molar-refractivity contribution < 1.29 is 13.2 Å². The summed E-state index contributed by atoms with van der Waals surface area (Å²) in [6.07, 6.45) is 0. The summed E-state index contributed by atoms with van der Waals surface area (Å²) < 4.78 is 32.1. The summed E-state index contributed by atoms with van der Waals surface area (Å²) in [6.45, 7) is 3.56. The molecule has 1 N–H and O–H groups in total. The smallest absolute Gasteiger partial charge is 0.240 e. The van der Waals surface area contributed by atoms with Gasteiger partial charge in [0, 0.05) is 13.1 Å². The lowest BCUT2D eigenvalue weighted by Crippen LogP contribution is -2.29. The molecule has 116 valence electrons. The molecule has 0 fully saturated rings. The summed E-state index contributed by atoms with van der Waals surface area (Å²) in [4.78, 5) is 2.18. The molecule has 0 heterocycles. The Labute approximate surface area is 126 Å². The molecule has 0 radical (unpaired) electrons. The van der Waals surface area contributed by atoms with Crippen LogP contribution in [0, 0.1) is 18.3 Å². The molecule has 0 atom stereocenters. The molecule has 6 nitrogen and oxygen atoms in total. The van der Waals surface area contributed by atoms with Gasteiger partial charge in [-0.2, -0.15) is 5.26 Å². The van der Waals surface area contributed by atoms with E-state index in [0.717, 1.165) is 6.54 Å². The van der Waals surface area contributed by atoms with Crippen LogP contribution < -0.4 is 4.72 Å². The normalized spacial score (nSPS) is 11.6. The largest absolute Gasteiger partial charge is 0.379 e. The second-order valence-electron chi connectivity index (χ2n) is 4.91. The fourth-order valence-electron chi connectivity index (χ4n) is 1.70. The van der Waals surface area contributed by atoms with Crippen LogP contribution >= 0.6 is 0 Å². The van der Waals surface area contributed by atoms with Gasteiger partial charge in [0.05, 0.1) is 29.7 Å². The summed E-state index contributed by atoms with van der Waals surface area (Å²) in [6, 6.07) is 6.48. The van der Waals surface area contributed by atoms with E-state index in [-0.39, 0.29) is 11.4 Å². The summed E-state index contributed by atoms with van der Waals surface area (Å²) in [7, 11) is 0.319. The summed E-state index contributed by atoms with van der Waals surface area (Å²) in [5.74, 6) is 0. The zero-order valence-electron chi connectivity index (χ0n) is 12.6. The Kier molecular flexibility index (Phi) is 6.78. The zero-order valence-corrected chi connectivity index (χ0v) is 13.4. The van der Waals surface area contributed by atoms with Crippen LogP contribution in [0.2, 0.25) is 0 Å². The van der Waals surface area contributed by atoms with Gasteiger partial charge in [0.15, 0.2) is 0 Å². The van der Waals surface area contributed by atoms with Crippen molar-refractivity contribution in [2.75, 3.05) is 40.4 Å². The van der Waals surface area contributed by atoms with Crippen molar-refractivity contribution in [3.05, 3.63) is 29.3 Å². The Morgan fingerprint density at radius 3 is 2.62 bits per heavy atom. The van der Waals surface area contributed by atoms with Crippen LogP contribution in [0.3, 0.4) is 0 Å². The molecule has 0 saturated heterocycles. The van der Waals surface area contributed by atoms with E-state index in [2.05, 4.69) is 4.72 Å². The van der Waals surface area contributed by atoms with Gasteiger partial charge in [0.2, 0.25) is 10.0 Å². The third-order valence-corrected chi connectivity index (χ3v) is 4.44. The number of ether oxygens (including phenoxy) is 1. The van der Waals surface area contributed by atoms with Gasteiger partial charge in [0.25, 0.3) is 0 Å². The molecular weight excluding hydrogens is 290 g/mol. The minimum Gasteiger partial charge on any atom is -0.379 e. The first-order valence-electron chi connectivity index (χ1n) is 6.59. The molecule has 0 bridgehead atoms. The number of likely N-dealkylation sites (N-methyl/N-ethyl adjacent to an activating group) is 1. The molecule has 1 aromatic carbocycles. The van der Waals surface area contributed by atoms with E-state index in [9.17, 15) is 8.42 Å². The molecule has 0 unspecified atom stereocenters. The van der Waals surface area contributed by atoms with Gasteiger partial charge < -0.3 is 9.64 Å². The fraction of sp³-hybridized carbons (Fsp3) is 0.500. The highest BCUT2D eigenvalue weighted by molar-refractivity contribution is 7.89. The lowest BCUT2D eigenvalue weighted by atomic mass is 10.2. The van der Waals surface area contributed by atoms with Crippen molar-refractivity contribution in [1.29, 1.82) is 5.26 Å². The standard InChI is InChI=1S/C14H21N3O3S/c1-12-10-13(11-15)4-5-14(12)21(18,19)16-6-8-20-9-7-17(2)3/h4-5,10,16H,6-9H2,1-3H3. The maximum absolute atomic E-state index is 12.1. The predicted molar refractivity (Wildman–Crippen MR) is 80.5 cm³/mol. The van der Waals surface area contributed by atoms with Crippen LogP contribution in [0.5, 0.6) is 0 Å². The van der Waals surface area contributed by atoms with Crippen molar-refractivity contribution in [1.82, 2.24) is 9.62 Å². The van der Waals surface area contributed by atoms with Crippen LogP contribution in [0.1, 0.15) is 11.1 Å². The monoisotopic (exact) mass is 311 g/mol. The molecule has 0 aromatic heterocycles. The minimum absolute atomic E-state index is 0.190.